The molecule has 0 saturated carbocycles. The van der Waals surface area contributed by atoms with Crippen molar-refractivity contribution in [2.75, 3.05) is 27.2 Å². The lowest BCUT2D eigenvalue weighted by molar-refractivity contribution is 0.0673. The molecule has 7 nitrogen and oxygen atoms in total. The third-order valence-corrected chi connectivity index (χ3v) is 5.25. The Balaban J connectivity index is 2.36. The van der Waals surface area contributed by atoms with E-state index in [1.807, 2.05) is 13.8 Å². The lowest BCUT2D eigenvalue weighted by atomic mass is 10.1. The number of piperazine rings is 1. The zero-order chi connectivity index (χ0) is 17.2. The van der Waals surface area contributed by atoms with Crippen molar-refractivity contribution in [3.63, 3.8) is 0 Å². The topological polar surface area (TPSA) is 87.7 Å². The summed E-state index contributed by atoms with van der Waals surface area (Å²) in [4.78, 5) is 14.4. The molecule has 0 bridgehead atoms. The van der Waals surface area contributed by atoms with Gasteiger partial charge >= 0.3 is 0 Å². The molecular weight excluding hydrogens is 318 g/mol. The smallest absolute Gasteiger partial charge is 0.254 e. The third-order valence-electron chi connectivity index (χ3n) is 3.81. The number of benzene rings is 1. The van der Waals surface area contributed by atoms with Crippen molar-refractivity contribution in [2.45, 2.75) is 30.8 Å². The summed E-state index contributed by atoms with van der Waals surface area (Å²) in [5.41, 5.74) is 0.334. The molecule has 2 rings (SSSR count). The van der Waals surface area contributed by atoms with Crippen LogP contribution in [0.4, 0.5) is 0 Å². The second-order valence-electron chi connectivity index (χ2n) is 5.75. The molecule has 1 saturated heterocycles. The molecule has 1 aliphatic rings. The summed E-state index contributed by atoms with van der Waals surface area (Å²) >= 11 is 0. The van der Waals surface area contributed by atoms with Crippen molar-refractivity contribution in [2.24, 2.45) is 0 Å². The van der Waals surface area contributed by atoms with Crippen LogP contribution in [0.3, 0.4) is 0 Å². The standard InChI is InChI=1S/C15H23N3O4S/c1-10-8-18(9-11(2)17-10)15(19)12-5-6-13(22-4)14(7-12)23(20,21)16-3/h5-7,10-11,16-17H,8-9H2,1-4H3/t10-,11-/m1/s1. The number of hydrogen-bond acceptors (Lipinski definition) is 5. The summed E-state index contributed by atoms with van der Waals surface area (Å²) in [6.07, 6.45) is 0. The van der Waals surface area contributed by atoms with Gasteiger partial charge in [-0.1, -0.05) is 0 Å². The number of carbonyl (C=O) groups is 1. The Hall–Kier alpha value is -1.64. The van der Waals surface area contributed by atoms with E-state index in [-0.39, 0.29) is 28.6 Å². The molecule has 1 amide bonds. The van der Waals surface area contributed by atoms with Crippen LogP contribution in [0.2, 0.25) is 0 Å². The lowest BCUT2D eigenvalue weighted by Crippen LogP contribution is -2.55. The third kappa shape index (κ3) is 3.82. The van der Waals surface area contributed by atoms with Crippen LogP contribution in [0.1, 0.15) is 24.2 Å². The highest BCUT2D eigenvalue weighted by atomic mass is 32.2. The number of hydrogen-bond donors (Lipinski definition) is 2. The predicted octanol–water partition coefficient (Wildman–Crippen LogP) is 0.426. The van der Waals surface area contributed by atoms with Crippen LogP contribution in [0, 0.1) is 0 Å². The molecular formula is C15H23N3O4S. The lowest BCUT2D eigenvalue weighted by Gasteiger charge is -2.36. The summed E-state index contributed by atoms with van der Waals surface area (Å²) in [5, 5.41) is 3.36. The first-order valence-corrected chi connectivity index (χ1v) is 8.93. The zero-order valence-corrected chi connectivity index (χ0v) is 14.6. The number of ether oxygens (including phenoxy) is 1. The second-order valence-corrected chi connectivity index (χ2v) is 7.61. The van der Waals surface area contributed by atoms with E-state index < -0.39 is 10.0 Å². The molecule has 23 heavy (non-hydrogen) atoms. The van der Waals surface area contributed by atoms with Gasteiger partial charge in [-0.3, -0.25) is 4.79 Å². The molecule has 0 unspecified atom stereocenters. The first-order chi connectivity index (χ1) is 10.8. The largest absolute Gasteiger partial charge is 0.495 e. The maximum Gasteiger partial charge on any atom is 0.254 e. The van der Waals surface area contributed by atoms with Gasteiger partial charge in [-0.2, -0.15) is 0 Å². The number of nitrogens with zero attached hydrogens (tertiary/aromatic N) is 1. The summed E-state index contributed by atoms with van der Waals surface area (Å²) in [7, 11) is -0.991. The van der Waals surface area contributed by atoms with Crippen LogP contribution in [-0.4, -0.2) is 58.6 Å². The van der Waals surface area contributed by atoms with Gasteiger partial charge in [-0.05, 0) is 39.1 Å². The van der Waals surface area contributed by atoms with Gasteiger partial charge in [0, 0.05) is 30.7 Å². The van der Waals surface area contributed by atoms with E-state index in [0.717, 1.165) is 0 Å². The van der Waals surface area contributed by atoms with Crippen LogP contribution >= 0.6 is 0 Å². The maximum atomic E-state index is 12.7. The van der Waals surface area contributed by atoms with Crippen molar-refractivity contribution in [3.8, 4) is 5.75 Å². The van der Waals surface area contributed by atoms with E-state index >= 15 is 0 Å². The summed E-state index contributed by atoms with van der Waals surface area (Å²) < 4.78 is 31.6. The van der Waals surface area contributed by atoms with Crippen molar-refractivity contribution < 1.29 is 17.9 Å². The Morgan fingerprint density at radius 3 is 2.43 bits per heavy atom. The van der Waals surface area contributed by atoms with Gasteiger partial charge in [0.05, 0.1) is 7.11 Å². The Morgan fingerprint density at radius 1 is 1.30 bits per heavy atom. The molecule has 8 heteroatoms. The maximum absolute atomic E-state index is 12.7. The minimum Gasteiger partial charge on any atom is -0.495 e. The van der Waals surface area contributed by atoms with E-state index in [4.69, 9.17) is 4.74 Å². The summed E-state index contributed by atoms with van der Waals surface area (Å²) in [6, 6.07) is 4.85. The first kappa shape index (κ1) is 17.7. The van der Waals surface area contributed by atoms with Crippen LogP contribution in [0.15, 0.2) is 23.1 Å². The molecule has 1 aromatic carbocycles. The highest BCUT2D eigenvalue weighted by molar-refractivity contribution is 7.89. The number of sulfonamides is 1. The summed E-state index contributed by atoms with van der Waals surface area (Å²) in [6.45, 7) is 5.20. The molecule has 2 atom stereocenters. The van der Waals surface area contributed by atoms with Gasteiger partial charge in [-0.25, -0.2) is 13.1 Å². The van der Waals surface area contributed by atoms with Gasteiger partial charge in [0.1, 0.15) is 10.6 Å². The number of rotatable bonds is 4. The molecule has 2 N–H and O–H groups in total. The van der Waals surface area contributed by atoms with E-state index in [9.17, 15) is 13.2 Å². The average molecular weight is 341 g/mol. The van der Waals surface area contributed by atoms with Crippen LogP contribution in [0.5, 0.6) is 5.75 Å². The Kier molecular flexibility index (Phi) is 5.28. The Labute approximate surface area is 137 Å². The monoisotopic (exact) mass is 341 g/mol. The molecule has 0 aromatic heterocycles. The zero-order valence-electron chi connectivity index (χ0n) is 13.8. The Bertz CT molecular complexity index is 680. The second kappa shape index (κ2) is 6.86. The highest BCUT2D eigenvalue weighted by Crippen LogP contribution is 2.25. The first-order valence-electron chi connectivity index (χ1n) is 7.45. The number of carbonyl (C=O) groups excluding carboxylic acids is 1. The fraction of sp³-hybridized carbons (Fsp3) is 0.533. The van der Waals surface area contributed by atoms with E-state index in [0.29, 0.717) is 18.7 Å². The molecule has 1 aliphatic heterocycles. The molecule has 1 aromatic rings. The van der Waals surface area contributed by atoms with E-state index in [1.54, 1.807) is 11.0 Å². The fourth-order valence-corrected chi connectivity index (χ4v) is 3.72. The van der Waals surface area contributed by atoms with Crippen molar-refractivity contribution >= 4 is 15.9 Å². The van der Waals surface area contributed by atoms with Crippen LogP contribution in [-0.2, 0) is 10.0 Å². The van der Waals surface area contributed by atoms with Crippen molar-refractivity contribution in [1.82, 2.24) is 14.9 Å². The normalized spacial score (nSPS) is 22.0. The minimum atomic E-state index is -3.71. The predicted molar refractivity (Wildman–Crippen MR) is 87.2 cm³/mol. The number of nitrogens with one attached hydrogen (secondary N) is 2. The van der Waals surface area contributed by atoms with Crippen LogP contribution < -0.4 is 14.8 Å². The van der Waals surface area contributed by atoms with Gasteiger partial charge in [0.25, 0.3) is 5.91 Å². The molecule has 128 valence electrons. The van der Waals surface area contributed by atoms with Gasteiger partial charge < -0.3 is 15.0 Å². The van der Waals surface area contributed by atoms with Crippen molar-refractivity contribution in [1.29, 1.82) is 0 Å². The molecule has 1 fully saturated rings. The SMILES string of the molecule is CNS(=O)(=O)c1cc(C(=O)N2C[C@@H](C)N[C@H](C)C2)ccc1OC. The molecule has 0 spiro atoms. The Morgan fingerprint density at radius 2 is 1.91 bits per heavy atom. The molecule has 0 aliphatic carbocycles. The van der Waals surface area contributed by atoms with E-state index in [1.165, 1.54) is 26.3 Å². The van der Waals surface area contributed by atoms with E-state index in [2.05, 4.69) is 10.0 Å². The average Bonchev–Trinajstić information content (AvgIpc) is 2.52. The molecule has 1 heterocycles. The van der Waals surface area contributed by atoms with Gasteiger partial charge in [-0.15, -0.1) is 0 Å². The highest BCUT2D eigenvalue weighted by Gasteiger charge is 2.27. The fourth-order valence-electron chi connectivity index (χ4n) is 2.80. The molecule has 0 radical (unpaired) electrons. The quantitative estimate of drug-likeness (QED) is 0.829. The number of amides is 1. The van der Waals surface area contributed by atoms with Gasteiger partial charge in [0.15, 0.2) is 0 Å². The number of methoxy groups -OCH3 is 1. The van der Waals surface area contributed by atoms with Gasteiger partial charge in [0.2, 0.25) is 10.0 Å². The van der Waals surface area contributed by atoms with Crippen LogP contribution in [0.25, 0.3) is 0 Å². The minimum absolute atomic E-state index is 0.0374. The van der Waals surface area contributed by atoms with Crippen molar-refractivity contribution in [3.05, 3.63) is 23.8 Å². The summed E-state index contributed by atoms with van der Waals surface area (Å²) in [5.74, 6) is 0.0263.